The van der Waals surface area contributed by atoms with Gasteiger partial charge in [0.25, 0.3) is 0 Å². The second-order valence-corrected chi connectivity index (χ2v) is 9.41. The van der Waals surface area contributed by atoms with E-state index in [9.17, 15) is 24.2 Å². The highest BCUT2D eigenvalue weighted by molar-refractivity contribution is 9.11. The molecule has 1 aromatic heterocycles. The van der Waals surface area contributed by atoms with Crippen molar-refractivity contribution in [2.45, 2.75) is 45.0 Å². The number of carbonyl (C=O) groups excluding carboxylic acids is 1. The summed E-state index contributed by atoms with van der Waals surface area (Å²) in [4.78, 5) is 25.1. The summed E-state index contributed by atoms with van der Waals surface area (Å²) in [5.41, 5.74) is 0.342. The van der Waals surface area contributed by atoms with Crippen LogP contribution in [0.15, 0.2) is 3.79 Å². The maximum absolute atomic E-state index is 14.2. The normalized spacial score (nSPS) is 18.2. The van der Waals surface area contributed by atoms with Crippen LogP contribution >= 0.6 is 27.3 Å². The van der Waals surface area contributed by atoms with E-state index in [-0.39, 0.29) is 24.4 Å². The van der Waals surface area contributed by atoms with Gasteiger partial charge in [-0.2, -0.15) is 0 Å². The van der Waals surface area contributed by atoms with Crippen molar-refractivity contribution in [2.75, 3.05) is 24.6 Å². The van der Waals surface area contributed by atoms with Crippen molar-refractivity contribution in [2.24, 2.45) is 0 Å². The number of aliphatic hydroxyl groups is 1. The van der Waals surface area contributed by atoms with E-state index in [1.165, 1.54) is 0 Å². The van der Waals surface area contributed by atoms with Gasteiger partial charge in [0.05, 0.1) is 22.1 Å². The molecule has 2 atom stereocenters. The molecule has 0 aromatic carbocycles. The number of amides is 1. The molecule has 0 spiro atoms. The Hall–Kier alpha value is -1.39. The molecular weight excluding hydrogens is 431 g/mol. The molecule has 0 fully saturated rings. The van der Waals surface area contributed by atoms with Gasteiger partial charge in [0, 0.05) is 25.1 Å². The highest BCUT2D eigenvalue weighted by atomic mass is 79.9. The Morgan fingerprint density at radius 2 is 2.15 bits per heavy atom. The second kappa shape index (κ2) is 8.10. The summed E-state index contributed by atoms with van der Waals surface area (Å²) >= 11 is 4.34. The van der Waals surface area contributed by atoms with Gasteiger partial charge in [-0.15, -0.1) is 11.3 Å². The van der Waals surface area contributed by atoms with E-state index in [0.29, 0.717) is 15.0 Å². The number of fused-ring (bicyclic) bond motifs is 1. The summed E-state index contributed by atoms with van der Waals surface area (Å²) in [7, 11) is 0. The van der Waals surface area contributed by atoms with E-state index in [2.05, 4.69) is 21.2 Å². The first-order valence-electron chi connectivity index (χ1n) is 8.05. The first kappa shape index (κ1) is 20.9. The van der Waals surface area contributed by atoms with Gasteiger partial charge in [0.15, 0.2) is 0 Å². The minimum absolute atomic E-state index is 0.0110. The summed E-state index contributed by atoms with van der Waals surface area (Å²) < 4.78 is 19.9. The third-order valence-corrected chi connectivity index (χ3v) is 5.63. The van der Waals surface area contributed by atoms with Crippen molar-refractivity contribution >= 4 is 45.0 Å². The quantitative estimate of drug-likeness (QED) is 0.634. The summed E-state index contributed by atoms with van der Waals surface area (Å²) in [5, 5.41) is 21.6. The van der Waals surface area contributed by atoms with Gasteiger partial charge in [-0.3, -0.25) is 0 Å². The van der Waals surface area contributed by atoms with Crippen LogP contribution in [0.4, 0.5) is 14.9 Å². The summed E-state index contributed by atoms with van der Waals surface area (Å²) in [6.07, 6.45) is -1.74. The van der Waals surface area contributed by atoms with Gasteiger partial charge in [0.2, 0.25) is 0 Å². The molecule has 146 valence electrons. The molecule has 0 saturated carbocycles. The fourth-order valence-corrected chi connectivity index (χ4v) is 4.51. The molecule has 26 heavy (non-hydrogen) atoms. The van der Waals surface area contributed by atoms with E-state index in [1.807, 2.05) is 0 Å². The number of aromatic carboxylic acids is 1. The zero-order valence-corrected chi connectivity index (χ0v) is 17.1. The maximum Gasteiger partial charge on any atom is 0.408 e. The second-order valence-electron chi connectivity index (χ2n) is 7.07. The lowest BCUT2D eigenvalue weighted by atomic mass is 10.0. The fraction of sp³-hybridized carbons (Fsp3) is 0.625. The number of rotatable bonds is 5. The van der Waals surface area contributed by atoms with Crippen LogP contribution in [-0.2, 0) is 11.2 Å². The molecule has 2 heterocycles. The van der Waals surface area contributed by atoms with Crippen LogP contribution in [-0.4, -0.2) is 59.8 Å². The van der Waals surface area contributed by atoms with Crippen molar-refractivity contribution in [3.05, 3.63) is 14.2 Å². The van der Waals surface area contributed by atoms with Crippen LogP contribution < -0.4 is 10.2 Å². The molecule has 1 aliphatic heterocycles. The van der Waals surface area contributed by atoms with Crippen molar-refractivity contribution < 1.29 is 28.9 Å². The molecule has 10 heteroatoms. The van der Waals surface area contributed by atoms with Crippen LogP contribution in [0.1, 0.15) is 36.0 Å². The van der Waals surface area contributed by atoms with E-state index in [1.54, 1.807) is 25.7 Å². The Kier molecular flexibility index (Phi) is 6.51. The minimum Gasteiger partial charge on any atom is -0.477 e. The zero-order chi connectivity index (χ0) is 19.6. The SMILES string of the molecule is CC(C)(C)OC(=O)NC(CO)CN1CC(F)Cc2c(Br)sc(C(=O)O)c21. The molecule has 1 aromatic rings. The molecule has 0 aliphatic carbocycles. The van der Waals surface area contributed by atoms with Crippen LogP contribution in [0.3, 0.4) is 0 Å². The van der Waals surface area contributed by atoms with E-state index >= 15 is 0 Å². The number of hydrogen-bond acceptors (Lipinski definition) is 6. The number of alkyl halides is 1. The number of ether oxygens (including phenoxy) is 1. The average molecular weight is 453 g/mol. The Labute approximate surface area is 163 Å². The number of alkyl carbamates (subject to hydrolysis) is 1. The zero-order valence-electron chi connectivity index (χ0n) is 14.7. The van der Waals surface area contributed by atoms with Gasteiger partial charge in [-0.25, -0.2) is 14.0 Å². The van der Waals surface area contributed by atoms with Crippen molar-refractivity contribution in [1.82, 2.24) is 5.32 Å². The Morgan fingerprint density at radius 1 is 1.50 bits per heavy atom. The van der Waals surface area contributed by atoms with Gasteiger partial charge in [-0.05, 0) is 36.7 Å². The highest BCUT2D eigenvalue weighted by Gasteiger charge is 2.34. The molecule has 0 saturated heterocycles. The number of carboxylic acid groups (broad SMARTS) is 1. The smallest absolute Gasteiger partial charge is 0.408 e. The number of carbonyl (C=O) groups is 2. The van der Waals surface area contributed by atoms with Gasteiger partial charge >= 0.3 is 12.1 Å². The summed E-state index contributed by atoms with van der Waals surface area (Å²) in [6.45, 7) is 4.80. The number of aliphatic hydroxyl groups excluding tert-OH is 1. The molecular formula is C16H22BrFN2O5S. The van der Waals surface area contributed by atoms with Crippen LogP contribution in [0, 0.1) is 0 Å². The Balaban J connectivity index is 2.21. The summed E-state index contributed by atoms with van der Waals surface area (Å²) in [6, 6.07) is -0.733. The minimum atomic E-state index is -1.17. The Morgan fingerprint density at radius 3 is 2.69 bits per heavy atom. The number of nitrogens with one attached hydrogen (secondary N) is 1. The summed E-state index contributed by atoms with van der Waals surface area (Å²) in [5.74, 6) is -1.10. The van der Waals surface area contributed by atoms with Crippen LogP contribution in [0.25, 0.3) is 0 Å². The fourth-order valence-electron chi connectivity index (χ4n) is 2.76. The number of nitrogens with zero attached hydrogens (tertiary/aromatic N) is 1. The van der Waals surface area contributed by atoms with E-state index in [0.717, 1.165) is 11.3 Å². The molecule has 0 radical (unpaired) electrons. The number of halogens is 2. The predicted molar refractivity (Wildman–Crippen MR) is 100 cm³/mol. The largest absolute Gasteiger partial charge is 0.477 e. The number of carboxylic acids is 1. The molecule has 1 amide bonds. The first-order chi connectivity index (χ1) is 12.0. The monoisotopic (exact) mass is 452 g/mol. The Bertz CT molecular complexity index is 691. The van der Waals surface area contributed by atoms with Gasteiger partial charge in [0.1, 0.15) is 16.6 Å². The average Bonchev–Trinajstić information content (AvgIpc) is 2.82. The standard InChI is InChI=1S/C16H22BrFN2O5S/c1-16(2,3)25-15(24)19-9(7-21)6-20-5-8(18)4-10-11(20)12(14(22)23)26-13(10)17/h8-9,21H,4-7H2,1-3H3,(H,19,24)(H,22,23). The lowest BCUT2D eigenvalue weighted by molar-refractivity contribution is 0.0484. The molecule has 3 N–H and O–H groups in total. The first-order valence-corrected chi connectivity index (χ1v) is 9.66. The molecule has 2 rings (SSSR count). The molecule has 0 bridgehead atoms. The van der Waals surface area contributed by atoms with Crippen molar-refractivity contribution in [3.8, 4) is 0 Å². The van der Waals surface area contributed by atoms with Crippen molar-refractivity contribution in [3.63, 3.8) is 0 Å². The highest BCUT2D eigenvalue weighted by Crippen LogP contribution is 2.43. The third kappa shape index (κ3) is 5.08. The molecule has 7 nitrogen and oxygen atoms in total. The number of thiophene rings is 1. The van der Waals surface area contributed by atoms with Gasteiger partial charge < -0.3 is 25.2 Å². The predicted octanol–water partition coefficient (Wildman–Crippen LogP) is 2.80. The van der Waals surface area contributed by atoms with Gasteiger partial charge in [-0.1, -0.05) is 0 Å². The lowest BCUT2D eigenvalue weighted by Gasteiger charge is -2.34. The maximum atomic E-state index is 14.2. The third-order valence-electron chi connectivity index (χ3n) is 3.67. The molecule has 2 unspecified atom stereocenters. The van der Waals surface area contributed by atoms with Crippen LogP contribution in [0.5, 0.6) is 0 Å². The lowest BCUT2D eigenvalue weighted by Crippen LogP contribution is -2.50. The van der Waals surface area contributed by atoms with E-state index < -0.39 is 36.5 Å². The van der Waals surface area contributed by atoms with E-state index in [4.69, 9.17) is 4.74 Å². The van der Waals surface area contributed by atoms with Crippen LogP contribution in [0.2, 0.25) is 0 Å². The van der Waals surface area contributed by atoms with Crippen molar-refractivity contribution in [1.29, 1.82) is 0 Å². The molecule has 1 aliphatic rings. The number of hydrogen-bond donors (Lipinski definition) is 3. The topological polar surface area (TPSA) is 99.1 Å². The number of anilines is 1.